The average molecular weight is 489 g/mol. The number of rotatable bonds is 7. The number of ether oxygens (including phenoxy) is 2. The van der Waals surface area contributed by atoms with E-state index in [0.717, 1.165) is 0 Å². The normalized spacial score (nSPS) is 19.7. The summed E-state index contributed by atoms with van der Waals surface area (Å²) < 4.78 is 70.4. The Labute approximate surface area is 187 Å². The van der Waals surface area contributed by atoms with E-state index in [1.165, 1.54) is 43.6 Å². The molecule has 1 aromatic carbocycles. The van der Waals surface area contributed by atoms with Crippen molar-refractivity contribution in [3.05, 3.63) is 42.2 Å². The molecule has 180 valence electrons. The molecule has 0 aliphatic carbocycles. The molecule has 0 bridgehead atoms. The standard InChI is InChI=1S/C19H22F3N5O5S/c1-11(7-19(20,21)22)26-18(28)32-14-6-16(31-10-14)12-8-24-17(25-9-12)27-13-2-4-15(5-3-13)33(23,29)30/h2-5,8-9,11,14,16H,6-7,10H2,1H3,(H,26,28)(H2,23,29,30)(H,24,25,27)/t11-,14+,16-/m0/s1. The van der Waals surface area contributed by atoms with Gasteiger partial charge in [0.15, 0.2) is 0 Å². The number of anilines is 2. The molecule has 10 nitrogen and oxygen atoms in total. The average Bonchev–Trinajstić information content (AvgIpc) is 3.15. The van der Waals surface area contributed by atoms with Gasteiger partial charge in [-0.1, -0.05) is 0 Å². The molecule has 3 atom stereocenters. The van der Waals surface area contributed by atoms with Crippen LogP contribution in [0.15, 0.2) is 41.6 Å². The van der Waals surface area contributed by atoms with Gasteiger partial charge in [-0.15, -0.1) is 0 Å². The van der Waals surface area contributed by atoms with E-state index < -0.39 is 47.0 Å². The summed E-state index contributed by atoms with van der Waals surface area (Å²) in [5.74, 6) is 0.255. The van der Waals surface area contributed by atoms with Crippen LogP contribution in [0.4, 0.5) is 29.6 Å². The van der Waals surface area contributed by atoms with Crippen LogP contribution >= 0.6 is 0 Å². The third-order valence-corrected chi connectivity index (χ3v) is 5.55. The zero-order chi connectivity index (χ0) is 24.2. The van der Waals surface area contributed by atoms with Gasteiger partial charge in [0.25, 0.3) is 0 Å². The Balaban J connectivity index is 1.50. The second-order valence-electron chi connectivity index (χ2n) is 7.48. The van der Waals surface area contributed by atoms with Crippen molar-refractivity contribution in [1.82, 2.24) is 15.3 Å². The number of carbonyl (C=O) groups is 1. The Bertz CT molecular complexity index is 1060. The summed E-state index contributed by atoms with van der Waals surface area (Å²) in [5.41, 5.74) is 1.17. The SMILES string of the molecule is C[C@@H](CC(F)(F)F)NC(=O)O[C@H]1CO[C@H](c2cnc(Nc3ccc(S(N)(=O)=O)cc3)nc2)C1. The lowest BCUT2D eigenvalue weighted by Gasteiger charge is -2.17. The third kappa shape index (κ3) is 7.54. The number of nitrogens with two attached hydrogens (primary N) is 1. The van der Waals surface area contributed by atoms with E-state index in [1.54, 1.807) is 0 Å². The van der Waals surface area contributed by atoms with Gasteiger partial charge >= 0.3 is 12.3 Å². The van der Waals surface area contributed by atoms with Gasteiger partial charge in [0.1, 0.15) is 6.10 Å². The molecule has 2 heterocycles. The maximum atomic E-state index is 12.4. The van der Waals surface area contributed by atoms with Gasteiger partial charge in [-0.2, -0.15) is 13.2 Å². The van der Waals surface area contributed by atoms with E-state index in [4.69, 9.17) is 14.6 Å². The topological polar surface area (TPSA) is 146 Å². The molecule has 1 aliphatic heterocycles. The zero-order valence-electron chi connectivity index (χ0n) is 17.4. The van der Waals surface area contributed by atoms with Crippen LogP contribution in [0, 0.1) is 0 Å². The summed E-state index contributed by atoms with van der Waals surface area (Å²) in [5, 5.41) is 10.1. The highest BCUT2D eigenvalue weighted by atomic mass is 32.2. The highest BCUT2D eigenvalue weighted by molar-refractivity contribution is 7.89. The Morgan fingerprint density at radius 1 is 1.27 bits per heavy atom. The smallest absolute Gasteiger partial charge is 0.407 e. The first kappa shape index (κ1) is 24.7. The number of hydrogen-bond donors (Lipinski definition) is 3. The molecule has 14 heteroatoms. The van der Waals surface area contributed by atoms with Crippen LogP contribution < -0.4 is 15.8 Å². The van der Waals surface area contributed by atoms with Crippen LogP contribution in [0.2, 0.25) is 0 Å². The van der Waals surface area contributed by atoms with E-state index in [2.05, 4.69) is 20.6 Å². The fraction of sp³-hybridized carbons (Fsp3) is 0.421. The first-order valence-corrected chi connectivity index (χ1v) is 11.3. The molecule has 1 fully saturated rings. The summed E-state index contributed by atoms with van der Waals surface area (Å²) in [6, 6.07) is 4.61. The number of alkyl carbamates (subject to hydrolysis) is 1. The molecule has 0 saturated carbocycles. The van der Waals surface area contributed by atoms with Gasteiger partial charge in [-0.05, 0) is 31.2 Å². The van der Waals surface area contributed by atoms with Crippen molar-refractivity contribution < 1.29 is 35.9 Å². The van der Waals surface area contributed by atoms with Crippen molar-refractivity contribution in [3.8, 4) is 0 Å². The minimum atomic E-state index is -4.39. The molecule has 0 unspecified atom stereocenters. The van der Waals surface area contributed by atoms with E-state index in [1.807, 2.05) is 0 Å². The lowest BCUT2D eigenvalue weighted by Crippen LogP contribution is -2.38. The number of aromatic nitrogens is 2. The van der Waals surface area contributed by atoms with Crippen LogP contribution in [-0.4, -0.2) is 49.4 Å². The van der Waals surface area contributed by atoms with Crippen molar-refractivity contribution in [2.24, 2.45) is 5.14 Å². The second kappa shape index (κ2) is 9.89. The molecular weight excluding hydrogens is 467 g/mol. The van der Waals surface area contributed by atoms with Gasteiger partial charge in [0.05, 0.1) is 24.0 Å². The van der Waals surface area contributed by atoms with E-state index in [-0.39, 0.29) is 17.5 Å². The zero-order valence-corrected chi connectivity index (χ0v) is 18.2. The molecule has 33 heavy (non-hydrogen) atoms. The molecule has 0 radical (unpaired) electrons. The summed E-state index contributed by atoms with van der Waals surface area (Å²) in [6.45, 7) is 1.33. The van der Waals surface area contributed by atoms with Gasteiger partial charge in [-0.25, -0.2) is 28.3 Å². The number of hydrogen-bond acceptors (Lipinski definition) is 8. The largest absolute Gasteiger partial charge is 0.444 e. The lowest BCUT2D eigenvalue weighted by molar-refractivity contribution is -0.138. The van der Waals surface area contributed by atoms with Crippen LogP contribution in [0.3, 0.4) is 0 Å². The minimum Gasteiger partial charge on any atom is -0.444 e. The molecule has 2 aromatic rings. The lowest BCUT2D eigenvalue weighted by atomic mass is 10.1. The maximum Gasteiger partial charge on any atom is 0.407 e. The molecule has 1 saturated heterocycles. The molecule has 1 amide bonds. The van der Waals surface area contributed by atoms with Gasteiger partial charge in [0, 0.05) is 36.1 Å². The van der Waals surface area contributed by atoms with Crippen LogP contribution in [0.5, 0.6) is 0 Å². The predicted octanol–water partition coefficient (Wildman–Crippen LogP) is 2.76. The predicted molar refractivity (Wildman–Crippen MR) is 110 cm³/mol. The number of nitrogens with zero attached hydrogens (tertiary/aromatic N) is 2. The molecule has 4 N–H and O–H groups in total. The molecule has 0 spiro atoms. The fourth-order valence-electron chi connectivity index (χ4n) is 3.12. The number of halogens is 3. The van der Waals surface area contributed by atoms with Crippen molar-refractivity contribution in [3.63, 3.8) is 0 Å². The fourth-order valence-corrected chi connectivity index (χ4v) is 3.64. The first-order valence-electron chi connectivity index (χ1n) is 9.76. The van der Waals surface area contributed by atoms with E-state index >= 15 is 0 Å². The molecule has 1 aliphatic rings. The summed E-state index contributed by atoms with van der Waals surface area (Å²) in [4.78, 5) is 20.1. The minimum absolute atomic E-state index is 0.0250. The Kier molecular flexibility index (Phi) is 7.39. The Morgan fingerprint density at radius 2 is 1.91 bits per heavy atom. The summed E-state index contributed by atoms with van der Waals surface area (Å²) in [7, 11) is -3.79. The number of benzene rings is 1. The van der Waals surface area contributed by atoms with Gasteiger partial charge < -0.3 is 20.1 Å². The Hall–Kier alpha value is -2.97. The van der Waals surface area contributed by atoms with Crippen molar-refractivity contribution in [2.45, 2.75) is 49.1 Å². The first-order chi connectivity index (χ1) is 15.4. The highest BCUT2D eigenvalue weighted by Crippen LogP contribution is 2.30. The summed E-state index contributed by atoms with van der Waals surface area (Å²) >= 11 is 0. The highest BCUT2D eigenvalue weighted by Gasteiger charge is 2.33. The van der Waals surface area contributed by atoms with Crippen LogP contribution in [0.1, 0.15) is 31.4 Å². The second-order valence-corrected chi connectivity index (χ2v) is 9.05. The van der Waals surface area contributed by atoms with E-state index in [9.17, 15) is 26.4 Å². The van der Waals surface area contributed by atoms with Crippen molar-refractivity contribution in [2.75, 3.05) is 11.9 Å². The number of amides is 1. The molecule has 1 aromatic heterocycles. The van der Waals surface area contributed by atoms with Gasteiger partial charge in [-0.3, -0.25) is 0 Å². The van der Waals surface area contributed by atoms with Crippen molar-refractivity contribution >= 4 is 27.8 Å². The summed E-state index contributed by atoms with van der Waals surface area (Å²) in [6.07, 6.45) is -4.21. The quantitative estimate of drug-likeness (QED) is 0.538. The molecular formula is C19H22F3N5O5S. The maximum absolute atomic E-state index is 12.4. The Morgan fingerprint density at radius 3 is 2.48 bits per heavy atom. The number of sulfonamides is 1. The monoisotopic (exact) mass is 489 g/mol. The third-order valence-electron chi connectivity index (χ3n) is 4.62. The number of carbonyl (C=O) groups excluding carboxylic acids is 1. The van der Waals surface area contributed by atoms with Crippen molar-refractivity contribution in [1.29, 1.82) is 0 Å². The number of nitrogens with one attached hydrogen (secondary N) is 2. The number of alkyl halides is 3. The van der Waals surface area contributed by atoms with Crippen LogP contribution in [-0.2, 0) is 19.5 Å². The van der Waals surface area contributed by atoms with Gasteiger partial charge in [0.2, 0.25) is 16.0 Å². The molecule has 3 rings (SSSR count). The van der Waals surface area contributed by atoms with E-state index in [0.29, 0.717) is 17.7 Å². The van der Waals surface area contributed by atoms with Crippen LogP contribution in [0.25, 0.3) is 0 Å². The number of primary sulfonamides is 1.